The van der Waals surface area contributed by atoms with E-state index in [1.807, 2.05) is 11.3 Å². The van der Waals surface area contributed by atoms with Crippen LogP contribution in [0, 0.1) is 12.3 Å². The van der Waals surface area contributed by atoms with Crippen molar-refractivity contribution >= 4 is 53.1 Å². The predicted molar refractivity (Wildman–Crippen MR) is 149 cm³/mol. The second-order valence-electron chi connectivity index (χ2n) is 11.1. The molecular weight excluding hydrogens is 446 g/mol. The van der Waals surface area contributed by atoms with Crippen LogP contribution < -0.4 is 9.30 Å². The molecule has 2 nitrogen and oxygen atoms in total. The molecule has 35 heavy (non-hydrogen) atoms. The lowest BCUT2D eigenvalue weighted by molar-refractivity contribution is -0.659. The minimum Gasteiger partial charge on any atom is -0.455 e. The van der Waals surface area contributed by atoms with Crippen LogP contribution in [0.4, 0.5) is 0 Å². The zero-order chi connectivity index (χ0) is 24.1. The van der Waals surface area contributed by atoms with Gasteiger partial charge in [-0.2, -0.15) is 0 Å². The third-order valence-electron chi connectivity index (χ3n) is 7.41. The average molecular weight is 475 g/mol. The van der Waals surface area contributed by atoms with Crippen molar-refractivity contribution < 1.29 is 9.30 Å². The topological polar surface area (TPSA) is 13.1 Å². The van der Waals surface area contributed by atoms with Crippen LogP contribution in [0.25, 0.3) is 53.0 Å². The van der Waals surface area contributed by atoms with Crippen LogP contribution in [-0.4, -0.2) is 0 Å². The van der Waals surface area contributed by atoms with Gasteiger partial charge in [-0.3, -0.25) is 0 Å². The zero-order valence-corrected chi connectivity index (χ0v) is 21.6. The van der Waals surface area contributed by atoms with Gasteiger partial charge in [0.15, 0.2) is 6.20 Å². The van der Waals surface area contributed by atoms with Crippen LogP contribution in [0.3, 0.4) is 0 Å². The van der Waals surface area contributed by atoms with Crippen LogP contribution >= 0.6 is 11.3 Å². The van der Waals surface area contributed by atoms with Gasteiger partial charge >= 0.3 is 0 Å². The molecule has 3 heterocycles. The molecule has 0 saturated carbocycles. The summed E-state index contributed by atoms with van der Waals surface area (Å²) in [4.78, 5) is 0. The lowest BCUT2D eigenvalue weighted by Crippen LogP contribution is -2.32. The molecule has 0 atom stereocenters. The highest BCUT2D eigenvalue weighted by atomic mass is 32.1. The Morgan fingerprint density at radius 2 is 1.54 bits per heavy atom. The summed E-state index contributed by atoms with van der Waals surface area (Å²) in [5, 5.41) is 7.79. The highest BCUT2D eigenvalue weighted by molar-refractivity contribution is 7.26. The van der Waals surface area contributed by atoms with Crippen LogP contribution in [0.2, 0.25) is 0 Å². The number of aryl methyl sites for hydroxylation is 2. The number of pyridine rings is 1. The number of hydrogen-bond acceptors (Lipinski definition) is 2. The van der Waals surface area contributed by atoms with Crippen LogP contribution in [-0.2, 0) is 13.5 Å². The fourth-order valence-electron chi connectivity index (χ4n) is 5.99. The SMILES string of the molecule is Cc1c2c(c(CC(C)(C)C)c3ccccc13)Oc1cc3sc4ccccc4c3c3cc[n+](C)c-2c13. The number of fused-ring (bicyclic) bond motifs is 7. The second-order valence-corrected chi connectivity index (χ2v) is 12.2. The Labute approximate surface area is 209 Å². The molecule has 2 aromatic heterocycles. The Balaban J connectivity index is 1.68. The van der Waals surface area contributed by atoms with E-state index >= 15 is 0 Å². The standard InChI is InChI=1S/C32H28NOS/c1-18-19-10-6-7-11-20(19)23(17-32(2,3)4)31-27(18)30-29-22(14-15-33(30)5)28-21-12-8-9-13-25(21)35-26(28)16-24(29)34-31/h6-16H,17H2,1-5H3/q+1. The van der Waals surface area contributed by atoms with Gasteiger partial charge in [-0.25, -0.2) is 4.57 Å². The first-order chi connectivity index (χ1) is 16.8. The van der Waals surface area contributed by atoms with Gasteiger partial charge in [0.25, 0.3) is 0 Å². The van der Waals surface area contributed by atoms with Crippen molar-refractivity contribution in [3.8, 4) is 22.8 Å². The van der Waals surface area contributed by atoms with Crippen LogP contribution in [0.15, 0.2) is 66.9 Å². The van der Waals surface area contributed by atoms with Crippen molar-refractivity contribution in [1.29, 1.82) is 0 Å². The first-order valence-corrected chi connectivity index (χ1v) is 13.1. The molecule has 0 amide bonds. The third-order valence-corrected chi connectivity index (χ3v) is 8.53. The summed E-state index contributed by atoms with van der Waals surface area (Å²) >= 11 is 1.85. The summed E-state index contributed by atoms with van der Waals surface area (Å²) in [6.45, 7) is 9.19. The fraction of sp³-hybridized carbons (Fsp3) is 0.219. The van der Waals surface area contributed by atoms with Gasteiger partial charge in [0.05, 0.1) is 10.9 Å². The summed E-state index contributed by atoms with van der Waals surface area (Å²) in [5.41, 5.74) is 5.24. The molecule has 7 rings (SSSR count). The maximum Gasteiger partial charge on any atom is 0.228 e. The van der Waals surface area contributed by atoms with Crippen molar-refractivity contribution in [2.75, 3.05) is 0 Å². The van der Waals surface area contributed by atoms with E-state index in [0.717, 1.165) is 17.9 Å². The Morgan fingerprint density at radius 3 is 2.31 bits per heavy atom. The Bertz CT molecular complexity index is 1850. The molecule has 0 unspecified atom stereocenters. The monoisotopic (exact) mass is 474 g/mol. The molecule has 6 aromatic rings. The molecule has 0 fully saturated rings. The molecule has 0 radical (unpaired) electrons. The normalized spacial score (nSPS) is 13.1. The number of ether oxygens (including phenoxy) is 1. The first kappa shape index (κ1) is 20.9. The number of nitrogens with zero attached hydrogens (tertiary/aromatic N) is 1. The third kappa shape index (κ3) is 2.91. The van der Waals surface area contributed by atoms with Gasteiger partial charge in [-0.1, -0.05) is 63.2 Å². The minimum atomic E-state index is 0.138. The number of aromatic nitrogens is 1. The summed E-state index contributed by atoms with van der Waals surface area (Å²) in [6, 6.07) is 22.1. The molecule has 4 aromatic carbocycles. The largest absolute Gasteiger partial charge is 0.455 e. The molecule has 0 spiro atoms. The van der Waals surface area contributed by atoms with E-state index in [0.29, 0.717) is 0 Å². The fourth-order valence-corrected chi connectivity index (χ4v) is 7.14. The summed E-state index contributed by atoms with van der Waals surface area (Å²) in [6.07, 6.45) is 3.18. The molecule has 0 saturated heterocycles. The van der Waals surface area contributed by atoms with E-state index in [-0.39, 0.29) is 5.41 Å². The molecule has 172 valence electrons. The predicted octanol–water partition coefficient (Wildman–Crippen LogP) is 8.86. The van der Waals surface area contributed by atoms with E-state index in [1.165, 1.54) is 64.1 Å². The summed E-state index contributed by atoms with van der Waals surface area (Å²) in [7, 11) is 2.17. The quantitative estimate of drug-likeness (QED) is 0.217. The van der Waals surface area contributed by atoms with Gasteiger partial charge in [0.1, 0.15) is 18.5 Å². The zero-order valence-electron chi connectivity index (χ0n) is 20.8. The smallest absolute Gasteiger partial charge is 0.228 e. The number of benzene rings is 4. The van der Waals surface area contributed by atoms with Crippen molar-refractivity contribution in [1.82, 2.24) is 0 Å². The Kier molecular flexibility index (Phi) is 4.21. The lowest BCUT2D eigenvalue weighted by atomic mass is 9.81. The highest BCUT2D eigenvalue weighted by Crippen LogP contribution is 2.54. The van der Waals surface area contributed by atoms with E-state index in [2.05, 4.69) is 106 Å². The minimum absolute atomic E-state index is 0.138. The highest BCUT2D eigenvalue weighted by Gasteiger charge is 2.34. The Hall–Kier alpha value is -3.43. The van der Waals surface area contributed by atoms with E-state index in [4.69, 9.17) is 4.74 Å². The first-order valence-electron chi connectivity index (χ1n) is 12.3. The van der Waals surface area contributed by atoms with Gasteiger partial charge < -0.3 is 4.74 Å². The molecule has 3 heteroatoms. The van der Waals surface area contributed by atoms with Crippen molar-refractivity contribution in [2.45, 2.75) is 34.1 Å². The molecular formula is C32H28NOS+. The van der Waals surface area contributed by atoms with Crippen LogP contribution in [0.5, 0.6) is 11.5 Å². The maximum atomic E-state index is 6.97. The molecule has 0 bridgehead atoms. The maximum absolute atomic E-state index is 6.97. The van der Waals surface area contributed by atoms with E-state index in [1.54, 1.807) is 0 Å². The second kappa shape index (κ2) is 7.05. The number of hydrogen-bond donors (Lipinski definition) is 0. The van der Waals surface area contributed by atoms with Crippen LogP contribution in [0.1, 0.15) is 31.9 Å². The van der Waals surface area contributed by atoms with Gasteiger partial charge in [-0.15, -0.1) is 11.3 Å². The molecule has 0 N–H and O–H groups in total. The van der Waals surface area contributed by atoms with Gasteiger partial charge in [0, 0.05) is 37.2 Å². The number of rotatable bonds is 1. The van der Waals surface area contributed by atoms with Crippen molar-refractivity contribution in [2.24, 2.45) is 12.5 Å². The summed E-state index contributed by atoms with van der Waals surface area (Å²) < 4.78 is 11.9. The number of thiophene rings is 1. The average Bonchev–Trinajstić information content (AvgIpc) is 3.20. The Morgan fingerprint density at radius 1 is 0.829 bits per heavy atom. The van der Waals surface area contributed by atoms with Gasteiger partial charge in [-0.05, 0) is 47.2 Å². The molecule has 1 aliphatic heterocycles. The molecule has 0 aliphatic carbocycles. The van der Waals surface area contributed by atoms with Crippen molar-refractivity contribution in [3.63, 3.8) is 0 Å². The summed E-state index contributed by atoms with van der Waals surface area (Å²) in [5.74, 6) is 2.01. The van der Waals surface area contributed by atoms with Gasteiger partial charge in [0.2, 0.25) is 5.69 Å². The lowest BCUT2D eigenvalue weighted by Gasteiger charge is -2.28. The van der Waals surface area contributed by atoms with E-state index < -0.39 is 0 Å². The van der Waals surface area contributed by atoms with E-state index in [9.17, 15) is 0 Å². The van der Waals surface area contributed by atoms with Crippen molar-refractivity contribution in [3.05, 3.63) is 78.0 Å². The molecule has 1 aliphatic rings.